The Morgan fingerprint density at radius 1 is 0.786 bits per heavy atom. The number of non-ortho nitro benzene ring substituents is 1. The summed E-state index contributed by atoms with van der Waals surface area (Å²) in [5.41, 5.74) is -0.296. The zero-order valence-corrected chi connectivity index (χ0v) is 14.9. The van der Waals surface area contributed by atoms with Crippen LogP contribution in [0.25, 0.3) is 10.8 Å². The molecule has 0 spiro atoms. The van der Waals surface area contributed by atoms with Gasteiger partial charge >= 0.3 is 11.4 Å². The fourth-order valence-corrected chi connectivity index (χ4v) is 2.66. The summed E-state index contributed by atoms with van der Waals surface area (Å²) in [7, 11) is 0. The van der Waals surface area contributed by atoms with Gasteiger partial charge in [0.05, 0.1) is 26.9 Å². The van der Waals surface area contributed by atoms with Gasteiger partial charge in [-0.3, -0.25) is 30.3 Å². The number of phenols is 1. The van der Waals surface area contributed by atoms with Crippen LogP contribution in [0.4, 0.5) is 17.1 Å². The fourth-order valence-electron chi connectivity index (χ4n) is 2.66. The van der Waals surface area contributed by atoms with Crippen LogP contribution in [-0.2, 0) is 0 Å². The Kier molecular flexibility index (Phi) is 5.84. The Labute approximate surface area is 158 Å². The Morgan fingerprint density at radius 2 is 1.32 bits per heavy atom. The highest BCUT2D eigenvalue weighted by Gasteiger charge is 2.30. The molecule has 0 unspecified atom stereocenters. The lowest BCUT2D eigenvalue weighted by Gasteiger charge is -2.02. The van der Waals surface area contributed by atoms with Crippen LogP contribution in [0.2, 0.25) is 0 Å². The van der Waals surface area contributed by atoms with Gasteiger partial charge in [0.15, 0.2) is 0 Å². The monoisotopic (exact) mass is 385 g/mol. The highest BCUT2D eigenvalue weighted by Crippen LogP contribution is 2.38. The lowest BCUT2D eigenvalue weighted by Crippen LogP contribution is -1.97. The third kappa shape index (κ3) is 4.36. The van der Waals surface area contributed by atoms with Crippen molar-refractivity contribution in [3.05, 3.63) is 90.0 Å². The average molecular weight is 385 g/mol. The number of nitrogens with zero attached hydrogens (tertiary/aromatic N) is 3. The summed E-state index contributed by atoms with van der Waals surface area (Å²) in [6, 6.07) is 13.8. The van der Waals surface area contributed by atoms with Crippen molar-refractivity contribution in [2.24, 2.45) is 0 Å². The van der Waals surface area contributed by atoms with Crippen LogP contribution in [0.15, 0.2) is 48.5 Å². The van der Waals surface area contributed by atoms with Crippen molar-refractivity contribution < 1.29 is 19.9 Å². The second-order valence-electron chi connectivity index (χ2n) is 5.91. The van der Waals surface area contributed by atoms with E-state index in [0.29, 0.717) is 12.1 Å². The maximum absolute atomic E-state index is 10.4. The zero-order chi connectivity index (χ0) is 21.0. The van der Waals surface area contributed by atoms with Gasteiger partial charge in [0.1, 0.15) is 0 Å². The van der Waals surface area contributed by atoms with Crippen LogP contribution in [0, 0.1) is 44.2 Å². The number of benzene rings is 3. The van der Waals surface area contributed by atoms with Gasteiger partial charge in [-0.05, 0) is 30.2 Å². The maximum Gasteiger partial charge on any atom is 0.324 e. The molecule has 0 radical (unpaired) electrons. The van der Waals surface area contributed by atoms with Gasteiger partial charge in [-0.15, -0.1) is 0 Å². The molecule has 3 aromatic carbocycles. The molecule has 0 heterocycles. The standard InChI is InChI=1S/C12H12.C6H3N3O7/c1-9-7-10(2)12-6-4-3-5-11(12)8-9;10-6-4(8(13)14)1-3(7(11)12)2-5(6)9(15)16/h3-8H,1-2H3;1-2,10H. The number of nitro benzene ring substituents is 3. The Morgan fingerprint density at radius 3 is 1.82 bits per heavy atom. The molecule has 144 valence electrons. The highest BCUT2D eigenvalue weighted by atomic mass is 16.6. The SMILES string of the molecule is Cc1cc(C)c2ccccc2c1.O=[N+]([O-])c1cc([N+](=O)[O-])c(O)c([N+](=O)[O-])c1. The molecule has 0 saturated carbocycles. The Balaban J connectivity index is 0.000000207. The molecule has 0 saturated heterocycles. The molecule has 0 aliphatic rings. The molecular weight excluding hydrogens is 370 g/mol. The van der Waals surface area contributed by atoms with Crippen molar-refractivity contribution in [3.8, 4) is 5.75 Å². The Hall–Kier alpha value is -4.08. The zero-order valence-electron chi connectivity index (χ0n) is 14.9. The van der Waals surface area contributed by atoms with Gasteiger partial charge in [0.25, 0.3) is 11.4 Å². The summed E-state index contributed by atoms with van der Waals surface area (Å²) >= 11 is 0. The highest BCUT2D eigenvalue weighted by molar-refractivity contribution is 5.86. The summed E-state index contributed by atoms with van der Waals surface area (Å²) in [5.74, 6) is -1.21. The van der Waals surface area contributed by atoms with Crippen LogP contribution in [-0.4, -0.2) is 19.9 Å². The van der Waals surface area contributed by atoms with E-state index < -0.39 is 37.6 Å². The predicted molar refractivity (Wildman–Crippen MR) is 101 cm³/mol. The van der Waals surface area contributed by atoms with E-state index >= 15 is 0 Å². The van der Waals surface area contributed by atoms with E-state index in [2.05, 4.69) is 50.2 Å². The third-order valence-corrected chi connectivity index (χ3v) is 3.87. The predicted octanol–water partition coefficient (Wildman–Crippen LogP) is 4.57. The molecule has 3 rings (SSSR count). The van der Waals surface area contributed by atoms with Gasteiger partial charge in [-0.25, -0.2) is 0 Å². The average Bonchev–Trinajstić information content (AvgIpc) is 2.61. The van der Waals surface area contributed by atoms with Crippen molar-refractivity contribution in [1.29, 1.82) is 0 Å². The van der Waals surface area contributed by atoms with Crippen molar-refractivity contribution in [2.45, 2.75) is 13.8 Å². The van der Waals surface area contributed by atoms with Gasteiger partial charge in [0.2, 0.25) is 0 Å². The van der Waals surface area contributed by atoms with Crippen LogP contribution < -0.4 is 0 Å². The summed E-state index contributed by atoms with van der Waals surface area (Å²) in [6.07, 6.45) is 0. The number of phenolic OH excluding ortho intramolecular Hbond substituents is 1. The van der Waals surface area contributed by atoms with Gasteiger partial charge in [-0.2, -0.15) is 0 Å². The molecule has 0 atom stereocenters. The second-order valence-corrected chi connectivity index (χ2v) is 5.91. The number of hydrogen-bond donors (Lipinski definition) is 1. The van der Waals surface area contributed by atoms with Crippen molar-refractivity contribution >= 4 is 27.8 Å². The van der Waals surface area contributed by atoms with E-state index in [1.54, 1.807) is 0 Å². The normalized spacial score (nSPS) is 10.1. The maximum atomic E-state index is 10.4. The first-order chi connectivity index (χ1) is 13.1. The molecular formula is C18H15N3O7. The summed E-state index contributed by atoms with van der Waals surface area (Å²) < 4.78 is 0. The summed E-state index contributed by atoms with van der Waals surface area (Å²) in [6.45, 7) is 4.30. The van der Waals surface area contributed by atoms with Gasteiger partial charge in [-0.1, -0.05) is 42.0 Å². The quantitative estimate of drug-likeness (QED) is 0.512. The van der Waals surface area contributed by atoms with Gasteiger partial charge < -0.3 is 5.11 Å². The minimum atomic E-state index is -1.21. The number of fused-ring (bicyclic) bond motifs is 1. The third-order valence-electron chi connectivity index (χ3n) is 3.87. The van der Waals surface area contributed by atoms with Crippen molar-refractivity contribution in [1.82, 2.24) is 0 Å². The first-order valence-electron chi connectivity index (χ1n) is 7.88. The number of rotatable bonds is 3. The molecule has 28 heavy (non-hydrogen) atoms. The fraction of sp³-hybridized carbons (Fsp3) is 0.111. The van der Waals surface area contributed by atoms with E-state index in [4.69, 9.17) is 5.11 Å². The lowest BCUT2D eigenvalue weighted by atomic mass is 10.0. The number of aromatic hydroxyl groups is 1. The van der Waals surface area contributed by atoms with E-state index in [0.717, 1.165) is 0 Å². The molecule has 0 amide bonds. The largest absolute Gasteiger partial charge is 0.497 e. The Bertz CT molecular complexity index is 1060. The van der Waals surface area contributed by atoms with Crippen LogP contribution in [0.3, 0.4) is 0 Å². The first kappa shape index (κ1) is 20.2. The van der Waals surface area contributed by atoms with E-state index in [9.17, 15) is 30.3 Å². The van der Waals surface area contributed by atoms with Crippen LogP contribution >= 0.6 is 0 Å². The molecule has 0 aliphatic heterocycles. The molecule has 3 aromatic rings. The molecule has 10 heteroatoms. The molecule has 10 nitrogen and oxygen atoms in total. The lowest BCUT2D eigenvalue weighted by molar-refractivity contribution is -0.404. The number of nitro groups is 3. The minimum Gasteiger partial charge on any atom is -0.497 e. The van der Waals surface area contributed by atoms with Crippen LogP contribution in [0.1, 0.15) is 11.1 Å². The topological polar surface area (TPSA) is 150 Å². The summed E-state index contributed by atoms with van der Waals surface area (Å²) in [4.78, 5) is 27.8. The van der Waals surface area contributed by atoms with E-state index in [-0.39, 0.29) is 0 Å². The first-order valence-corrected chi connectivity index (χ1v) is 7.88. The molecule has 0 aliphatic carbocycles. The minimum absolute atomic E-state index is 0.447. The van der Waals surface area contributed by atoms with E-state index in [1.807, 2.05) is 0 Å². The molecule has 0 aromatic heterocycles. The summed E-state index contributed by atoms with van der Waals surface area (Å²) in [5, 5.41) is 42.9. The second kappa shape index (κ2) is 8.08. The molecule has 1 N–H and O–H groups in total. The molecule has 0 bridgehead atoms. The van der Waals surface area contributed by atoms with Crippen molar-refractivity contribution in [2.75, 3.05) is 0 Å². The number of aryl methyl sites for hydroxylation is 2. The van der Waals surface area contributed by atoms with Crippen molar-refractivity contribution in [3.63, 3.8) is 0 Å². The van der Waals surface area contributed by atoms with E-state index in [1.165, 1.54) is 21.9 Å². The van der Waals surface area contributed by atoms with Gasteiger partial charge in [0, 0.05) is 0 Å². The smallest absolute Gasteiger partial charge is 0.324 e. The van der Waals surface area contributed by atoms with Crippen LogP contribution in [0.5, 0.6) is 5.75 Å². The number of hydrogen-bond acceptors (Lipinski definition) is 7. The molecule has 0 fully saturated rings.